The fraction of sp³-hybridized carbons (Fsp3) is 0.588. The van der Waals surface area contributed by atoms with E-state index in [0.717, 1.165) is 31.2 Å². The number of ether oxygens (including phenoxy) is 1. The number of hydrogen-bond donors (Lipinski definition) is 3. The average Bonchev–Trinajstić information content (AvgIpc) is 2.56. The second kappa shape index (κ2) is 8.84. The molecule has 0 heterocycles. The van der Waals surface area contributed by atoms with Gasteiger partial charge in [0.15, 0.2) is 0 Å². The standard InChI is InChI=1S/C17H25FN2O3/c1-23-11-14-8-13(4-7-16(14)18)9-19-17(22)20-15-5-2-12(10-21)3-6-15/h4,7-8,12,15,21H,2-3,5-6,9-11H2,1H3,(H2,19,20,22). The highest BCUT2D eigenvalue weighted by atomic mass is 19.1. The molecule has 0 unspecified atom stereocenters. The van der Waals surface area contributed by atoms with Crippen LogP contribution in [-0.2, 0) is 17.9 Å². The van der Waals surface area contributed by atoms with E-state index in [4.69, 9.17) is 9.84 Å². The third kappa shape index (κ3) is 5.48. The first-order chi connectivity index (χ1) is 11.1. The molecule has 1 saturated carbocycles. The SMILES string of the molecule is COCc1cc(CNC(=O)NC2CCC(CO)CC2)ccc1F. The van der Waals surface area contributed by atoms with E-state index in [1.54, 1.807) is 12.1 Å². The van der Waals surface area contributed by atoms with Crippen LogP contribution < -0.4 is 10.6 Å². The van der Waals surface area contributed by atoms with Gasteiger partial charge >= 0.3 is 6.03 Å². The van der Waals surface area contributed by atoms with E-state index in [0.29, 0.717) is 18.0 Å². The molecule has 0 spiro atoms. The molecule has 1 aliphatic carbocycles. The Labute approximate surface area is 136 Å². The second-order valence-corrected chi connectivity index (χ2v) is 6.09. The maximum Gasteiger partial charge on any atom is 0.315 e. The van der Waals surface area contributed by atoms with Crippen molar-refractivity contribution in [1.82, 2.24) is 10.6 Å². The summed E-state index contributed by atoms with van der Waals surface area (Å²) in [6.07, 6.45) is 3.68. The topological polar surface area (TPSA) is 70.6 Å². The molecule has 2 rings (SSSR count). The van der Waals surface area contributed by atoms with Gasteiger partial charge in [-0.3, -0.25) is 0 Å². The molecule has 6 heteroatoms. The molecule has 0 saturated heterocycles. The lowest BCUT2D eigenvalue weighted by Crippen LogP contribution is -2.43. The fourth-order valence-electron chi connectivity index (χ4n) is 2.91. The van der Waals surface area contributed by atoms with Crippen molar-refractivity contribution in [2.75, 3.05) is 13.7 Å². The smallest absolute Gasteiger partial charge is 0.315 e. The first-order valence-corrected chi connectivity index (χ1v) is 8.03. The first kappa shape index (κ1) is 17.7. The maximum atomic E-state index is 13.5. The number of aliphatic hydroxyl groups is 1. The van der Waals surface area contributed by atoms with Gasteiger partial charge in [-0.05, 0) is 49.3 Å². The van der Waals surface area contributed by atoms with Gasteiger partial charge in [-0.25, -0.2) is 9.18 Å². The van der Waals surface area contributed by atoms with E-state index >= 15 is 0 Å². The van der Waals surface area contributed by atoms with E-state index in [1.807, 2.05) is 0 Å². The van der Waals surface area contributed by atoms with Gasteiger partial charge in [-0.15, -0.1) is 0 Å². The van der Waals surface area contributed by atoms with Gasteiger partial charge in [-0.1, -0.05) is 6.07 Å². The molecule has 0 radical (unpaired) electrons. The molecular weight excluding hydrogens is 299 g/mol. The molecule has 1 fully saturated rings. The number of hydrogen-bond acceptors (Lipinski definition) is 3. The zero-order chi connectivity index (χ0) is 16.7. The van der Waals surface area contributed by atoms with Crippen molar-refractivity contribution in [2.45, 2.75) is 44.9 Å². The molecule has 0 bridgehead atoms. The number of aliphatic hydroxyl groups excluding tert-OH is 1. The van der Waals surface area contributed by atoms with Crippen LogP contribution >= 0.6 is 0 Å². The summed E-state index contributed by atoms with van der Waals surface area (Å²) in [6, 6.07) is 4.69. The van der Waals surface area contributed by atoms with Crippen LogP contribution in [0.5, 0.6) is 0 Å². The molecule has 0 aliphatic heterocycles. The van der Waals surface area contributed by atoms with Gasteiger partial charge in [0.05, 0.1) is 6.61 Å². The molecule has 2 amide bonds. The number of rotatable bonds is 6. The monoisotopic (exact) mass is 324 g/mol. The van der Waals surface area contributed by atoms with Crippen LogP contribution in [0.3, 0.4) is 0 Å². The number of urea groups is 1. The Bertz CT molecular complexity index is 517. The Morgan fingerprint density at radius 2 is 2.09 bits per heavy atom. The summed E-state index contributed by atoms with van der Waals surface area (Å²) in [5, 5.41) is 14.9. The number of benzene rings is 1. The number of nitrogens with one attached hydrogen (secondary N) is 2. The van der Waals surface area contributed by atoms with Crippen LogP contribution in [-0.4, -0.2) is 30.9 Å². The van der Waals surface area contributed by atoms with Gasteiger partial charge in [-0.2, -0.15) is 0 Å². The summed E-state index contributed by atoms with van der Waals surface area (Å²) >= 11 is 0. The first-order valence-electron chi connectivity index (χ1n) is 8.03. The van der Waals surface area contributed by atoms with Gasteiger partial charge in [0.1, 0.15) is 5.82 Å². The Kier molecular flexibility index (Phi) is 6.80. The quantitative estimate of drug-likeness (QED) is 0.752. The zero-order valence-corrected chi connectivity index (χ0v) is 13.5. The average molecular weight is 324 g/mol. The largest absolute Gasteiger partial charge is 0.396 e. The number of methoxy groups -OCH3 is 1. The summed E-state index contributed by atoms with van der Waals surface area (Å²) in [6.45, 7) is 0.780. The highest BCUT2D eigenvalue weighted by Gasteiger charge is 2.21. The van der Waals surface area contributed by atoms with Crippen LogP contribution in [0.15, 0.2) is 18.2 Å². The summed E-state index contributed by atoms with van der Waals surface area (Å²) in [5.74, 6) is 0.0650. The highest BCUT2D eigenvalue weighted by Crippen LogP contribution is 2.23. The van der Waals surface area contributed by atoms with Gasteiger partial charge in [0, 0.05) is 31.9 Å². The highest BCUT2D eigenvalue weighted by molar-refractivity contribution is 5.74. The number of halogens is 1. The molecule has 0 atom stereocenters. The molecule has 5 nitrogen and oxygen atoms in total. The lowest BCUT2D eigenvalue weighted by Gasteiger charge is -2.27. The summed E-state index contributed by atoms with van der Waals surface area (Å²) in [4.78, 5) is 11.9. The predicted molar refractivity (Wildman–Crippen MR) is 85.3 cm³/mol. The van der Waals surface area contributed by atoms with E-state index in [1.165, 1.54) is 13.2 Å². The van der Waals surface area contributed by atoms with Gasteiger partial charge in [0.25, 0.3) is 0 Å². The minimum absolute atomic E-state index is 0.162. The molecule has 128 valence electrons. The van der Waals surface area contributed by atoms with E-state index in [2.05, 4.69) is 10.6 Å². The summed E-state index contributed by atoms with van der Waals surface area (Å²) < 4.78 is 18.5. The van der Waals surface area contributed by atoms with Crippen molar-refractivity contribution in [2.24, 2.45) is 5.92 Å². The van der Waals surface area contributed by atoms with Crippen molar-refractivity contribution < 1.29 is 19.0 Å². The fourth-order valence-corrected chi connectivity index (χ4v) is 2.91. The lowest BCUT2D eigenvalue weighted by molar-refractivity contribution is 0.174. The molecule has 23 heavy (non-hydrogen) atoms. The molecule has 3 N–H and O–H groups in total. The van der Waals surface area contributed by atoms with Gasteiger partial charge < -0.3 is 20.5 Å². The van der Waals surface area contributed by atoms with Crippen LogP contribution in [0.25, 0.3) is 0 Å². The third-order valence-electron chi connectivity index (χ3n) is 4.30. The zero-order valence-electron chi connectivity index (χ0n) is 13.5. The van der Waals surface area contributed by atoms with Crippen LogP contribution in [0.1, 0.15) is 36.8 Å². The van der Waals surface area contributed by atoms with Crippen LogP contribution in [0, 0.1) is 11.7 Å². The van der Waals surface area contributed by atoms with Crippen LogP contribution in [0.2, 0.25) is 0 Å². The Hall–Kier alpha value is -1.66. The molecule has 0 aromatic heterocycles. The minimum Gasteiger partial charge on any atom is -0.396 e. The van der Waals surface area contributed by atoms with E-state index in [9.17, 15) is 9.18 Å². The Morgan fingerprint density at radius 3 is 2.74 bits per heavy atom. The molecule has 1 aromatic rings. The van der Waals surface area contributed by atoms with Crippen molar-refractivity contribution >= 4 is 6.03 Å². The Balaban J connectivity index is 1.77. The number of carbonyl (C=O) groups excluding carboxylic acids is 1. The predicted octanol–water partition coefficient (Wildman–Crippen LogP) is 2.32. The second-order valence-electron chi connectivity index (χ2n) is 6.09. The minimum atomic E-state index is -0.305. The maximum absolute atomic E-state index is 13.5. The number of carbonyl (C=O) groups is 1. The third-order valence-corrected chi connectivity index (χ3v) is 4.30. The van der Waals surface area contributed by atoms with Gasteiger partial charge in [0.2, 0.25) is 0 Å². The van der Waals surface area contributed by atoms with Crippen molar-refractivity contribution in [3.63, 3.8) is 0 Å². The molecule has 1 aliphatic rings. The molecular formula is C17H25FN2O3. The Morgan fingerprint density at radius 1 is 1.35 bits per heavy atom. The van der Waals surface area contributed by atoms with Crippen LogP contribution in [0.4, 0.5) is 9.18 Å². The molecule has 1 aromatic carbocycles. The van der Waals surface area contributed by atoms with Crippen molar-refractivity contribution in [3.05, 3.63) is 35.1 Å². The van der Waals surface area contributed by atoms with Crippen molar-refractivity contribution in [3.8, 4) is 0 Å². The number of amides is 2. The lowest BCUT2D eigenvalue weighted by atomic mass is 9.87. The van der Waals surface area contributed by atoms with Crippen molar-refractivity contribution in [1.29, 1.82) is 0 Å². The van der Waals surface area contributed by atoms with E-state index < -0.39 is 0 Å². The summed E-state index contributed by atoms with van der Waals surface area (Å²) in [5.41, 5.74) is 1.31. The summed E-state index contributed by atoms with van der Waals surface area (Å²) in [7, 11) is 1.52. The van der Waals surface area contributed by atoms with E-state index in [-0.39, 0.29) is 31.1 Å². The normalized spacial score (nSPS) is 21.0.